The van der Waals surface area contributed by atoms with Gasteiger partial charge in [0.2, 0.25) is 0 Å². The van der Waals surface area contributed by atoms with Crippen LogP contribution >= 0.6 is 0 Å². The van der Waals surface area contributed by atoms with Crippen molar-refractivity contribution in [3.63, 3.8) is 0 Å². The molecular weight excluding hydrogens is 587 g/mol. The molecule has 0 aromatic heterocycles. The Morgan fingerprint density at radius 3 is 1.25 bits per heavy atom. The number of imide groups is 1. The summed E-state index contributed by atoms with van der Waals surface area (Å²) in [6.07, 6.45) is 31.1. The van der Waals surface area contributed by atoms with Gasteiger partial charge in [0.05, 0.1) is 6.04 Å². The van der Waals surface area contributed by atoms with Crippen LogP contribution < -0.4 is 0 Å². The summed E-state index contributed by atoms with van der Waals surface area (Å²) in [5, 5.41) is 0. The van der Waals surface area contributed by atoms with Crippen LogP contribution in [0.5, 0.6) is 0 Å². The summed E-state index contributed by atoms with van der Waals surface area (Å²) in [5.41, 5.74) is 9.53. The normalized spacial score (nSPS) is 18.0. The number of carbonyl (C=O) groups excluding carboxylic acids is 2. The van der Waals surface area contributed by atoms with Crippen molar-refractivity contribution < 1.29 is 9.59 Å². The first-order valence-corrected chi connectivity index (χ1v) is 21.1. The Labute approximate surface area is 297 Å². The van der Waals surface area contributed by atoms with E-state index in [1.807, 2.05) is 4.90 Å². The van der Waals surface area contributed by atoms with Gasteiger partial charge >= 0.3 is 0 Å². The molecule has 1 aromatic carbocycles. The van der Waals surface area contributed by atoms with Gasteiger partial charge in [-0.2, -0.15) is 0 Å². The number of nitrogens with zero attached hydrogens (tertiary/aromatic N) is 1. The van der Waals surface area contributed by atoms with E-state index in [2.05, 4.69) is 55.4 Å². The highest BCUT2D eigenvalue weighted by Crippen LogP contribution is 2.70. The van der Waals surface area contributed by atoms with E-state index in [4.69, 9.17) is 0 Å². The number of fused-ring (bicyclic) bond motifs is 1. The lowest BCUT2D eigenvalue weighted by molar-refractivity contribution is -0.145. The second kappa shape index (κ2) is 20.1. The lowest BCUT2D eigenvalue weighted by Gasteiger charge is -2.52. The Morgan fingerprint density at radius 2 is 0.833 bits per heavy atom. The highest BCUT2D eigenvalue weighted by Gasteiger charge is 2.65. The molecule has 3 nitrogen and oxygen atoms in total. The van der Waals surface area contributed by atoms with Crippen molar-refractivity contribution in [1.82, 2.24) is 4.90 Å². The van der Waals surface area contributed by atoms with Crippen LogP contribution in [0.4, 0.5) is 0 Å². The zero-order chi connectivity index (χ0) is 35.2. The van der Waals surface area contributed by atoms with E-state index in [1.54, 1.807) is 40.0 Å². The molecule has 1 aliphatic heterocycles. The molecular formula is C45H75NO2. The molecule has 0 unspecified atom stereocenters. The van der Waals surface area contributed by atoms with E-state index in [0.29, 0.717) is 0 Å². The minimum atomic E-state index is -0.165. The molecule has 0 fully saturated rings. The maximum absolute atomic E-state index is 14.1. The van der Waals surface area contributed by atoms with Crippen LogP contribution in [-0.4, -0.2) is 16.7 Å². The Kier molecular flexibility index (Phi) is 17.0. The van der Waals surface area contributed by atoms with Crippen molar-refractivity contribution in [2.75, 3.05) is 0 Å². The van der Waals surface area contributed by atoms with Crippen LogP contribution in [0.3, 0.4) is 0 Å². The fourth-order valence-corrected chi connectivity index (χ4v) is 9.94. The average Bonchev–Trinajstić information content (AvgIpc) is 3.54. The molecule has 1 aromatic rings. The zero-order valence-electron chi connectivity index (χ0n) is 33.0. The van der Waals surface area contributed by atoms with E-state index in [0.717, 1.165) is 70.6 Å². The van der Waals surface area contributed by atoms with Crippen molar-refractivity contribution >= 4 is 11.8 Å². The van der Waals surface area contributed by atoms with Crippen LogP contribution in [0.2, 0.25) is 0 Å². The highest BCUT2D eigenvalue weighted by atomic mass is 16.2. The molecule has 0 saturated heterocycles. The summed E-state index contributed by atoms with van der Waals surface area (Å²) in [6.45, 7) is 18.8. The maximum atomic E-state index is 14.1. The third kappa shape index (κ3) is 8.18. The van der Waals surface area contributed by atoms with Crippen molar-refractivity contribution in [3.8, 4) is 0 Å². The Bertz CT molecular complexity index is 1160. The minimum Gasteiger partial charge on any atom is -0.269 e. The van der Waals surface area contributed by atoms with Crippen LogP contribution in [0.1, 0.15) is 223 Å². The summed E-state index contributed by atoms with van der Waals surface area (Å²) in [4.78, 5) is 30.1. The van der Waals surface area contributed by atoms with Gasteiger partial charge in [-0.3, -0.25) is 14.5 Å². The van der Waals surface area contributed by atoms with Crippen molar-refractivity contribution in [2.24, 2.45) is 5.41 Å². The first-order chi connectivity index (χ1) is 23.3. The van der Waals surface area contributed by atoms with Crippen molar-refractivity contribution in [1.29, 1.82) is 0 Å². The van der Waals surface area contributed by atoms with Gasteiger partial charge in [0.1, 0.15) is 0 Å². The van der Waals surface area contributed by atoms with E-state index in [1.165, 1.54) is 89.0 Å². The summed E-state index contributed by atoms with van der Waals surface area (Å²) in [5.74, 6) is -0.145. The van der Waals surface area contributed by atoms with Gasteiger partial charge in [0, 0.05) is 23.0 Å². The molecule has 48 heavy (non-hydrogen) atoms. The molecule has 1 aliphatic carbocycles. The first kappa shape index (κ1) is 40.5. The fourth-order valence-electron chi connectivity index (χ4n) is 9.94. The average molecular weight is 662 g/mol. The van der Waals surface area contributed by atoms with E-state index < -0.39 is 0 Å². The number of carbonyl (C=O) groups is 2. The van der Waals surface area contributed by atoms with Crippen LogP contribution in [-0.2, 0) is 40.7 Å². The molecule has 3 rings (SSSR count). The number of amides is 2. The lowest BCUT2D eigenvalue weighted by atomic mass is 9.53. The molecule has 0 N–H and O–H groups in total. The fraction of sp³-hybridized carbons (Fsp3) is 0.778. The van der Waals surface area contributed by atoms with E-state index in [-0.39, 0.29) is 28.7 Å². The van der Waals surface area contributed by atoms with Gasteiger partial charge < -0.3 is 0 Å². The predicted octanol–water partition coefficient (Wildman–Crippen LogP) is 13.0. The first-order valence-electron chi connectivity index (χ1n) is 21.1. The summed E-state index contributed by atoms with van der Waals surface area (Å²) >= 11 is 0. The predicted molar refractivity (Wildman–Crippen MR) is 207 cm³/mol. The highest BCUT2D eigenvalue weighted by molar-refractivity contribution is 6.13. The summed E-state index contributed by atoms with van der Waals surface area (Å²) < 4.78 is 0. The number of benzene rings is 1. The number of unbranched alkanes of at least 4 members (excludes halogenated alkanes) is 8. The van der Waals surface area contributed by atoms with Gasteiger partial charge in [0.15, 0.2) is 0 Å². The second-order valence-corrected chi connectivity index (χ2v) is 15.6. The molecule has 2 amide bonds. The summed E-state index contributed by atoms with van der Waals surface area (Å²) in [7, 11) is 0. The smallest absolute Gasteiger partial charge is 0.254 e. The third-order valence-corrected chi connectivity index (χ3v) is 12.3. The zero-order valence-corrected chi connectivity index (χ0v) is 33.0. The SMILES string of the molecule is CCCCc1c(CCCC)c(CCCC)c2c(c1CCCC)[C@@H](N1C(=O)C=CC1=O)C(CCCC)(CCCC)C2(CCCC)CCCC. The van der Waals surface area contributed by atoms with Gasteiger partial charge in [-0.1, -0.05) is 132 Å². The lowest BCUT2D eigenvalue weighted by Crippen LogP contribution is -2.51. The van der Waals surface area contributed by atoms with Gasteiger partial charge in [-0.25, -0.2) is 0 Å². The largest absolute Gasteiger partial charge is 0.269 e. The molecule has 2 aliphatic rings. The third-order valence-electron chi connectivity index (χ3n) is 12.3. The van der Waals surface area contributed by atoms with Gasteiger partial charge in [0.25, 0.3) is 11.8 Å². The number of hydrogen-bond donors (Lipinski definition) is 0. The minimum absolute atomic E-state index is 0.0270. The maximum Gasteiger partial charge on any atom is 0.254 e. The molecule has 0 saturated carbocycles. The van der Waals surface area contributed by atoms with Crippen molar-refractivity contribution in [2.45, 2.75) is 221 Å². The quantitative estimate of drug-likeness (QED) is 0.0978. The topological polar surface area (TPSA) is 37.4 Å². The molecule has 0 bridgehead atoms. The Balaban J connectivity index is 2.72. The van der Waals surface area contributed by atoms with Crippen LogP contribution in [0.25, 0.3) is 0 Å². The number of hydrogen-bond acceptors (Lipinski definition) is 2. The molecule has 272 valence electrons. The van der Waals surface area contributed by atoms with Gasteiger partial charge in [-0.05, 0) is 110 Å². The number of rotatable bonds is 25. The standard InChI is InChI=1S/C45H75NO2/c1-9-17-25-35-36(26-18-10-2)38(28-20-12-4)42-41(37(35)27-19-11-3)43(46-39(47)29-30-40(46)48)45(33-23-15-7,34-24-16-8)44(42,31-21-13-5)32-22-14-6/h29-30,43H,9-28,31-34H2,1-8H3/t43-/m1/s1. The van der Waals surface area contributed by atoms with Crippen LogP contribution in [0, 0.1) is 5.41 Å². The molecule has 1 heterocycles. The molecule has 0 spiro atoms. The molecule has 0 radical (unpaired) electrons. The summed E-state index contributed by atoms with van der Waals surface area (Å²) in [6, 6.07) is -0.165. The Morgan fingerprint density at radius 1 is 0.479 bits per heavy atom. The molecule has 1 atom stereocenters. The van der Waals surface area contributed by atoms with E-state index in [9.17, 15) is 9.59 Å². The van der Waals surface area contributed by atoms with E-state index >= 15 is 0 Å². The van der Waals surface area contributed by atoms with Gasteiger partial charge in [-0.15, -0.1) is 0 Å². The van der Waals surface area contributed by atoms with Crippen LogP contribution in [0.15, 0.2) is 12.2 Å². The van der Waals surface area contributed by atoms with Crippen molar-refractivity contribution in [3.05, 3.63) is 45.5 Å². The monoisotopic (exact) mass is 662 g/mol. The Hall–Kier alpha value is -1.90. The second-order valence-electron chi connectivity index (χ2n) is 15.6. The molecule has 3 heteroatoms.